The molecule has 3 saturated heterocycles. The zero-order valence-corrected chi connectivity index (χ0v) is 38.8. The summed E-state index contributed by atoms with van der Waals surface area (Å²) < 4.78 is 5.80. The van der Waals surface area contributed by atoms with Crippen LogP contribution in [0.25, 0.3) is 23.1 Å². The van der Waals surface area contributed by atoms with Crippen LogP contribution >= 0.6 is 0 Å². The summed E-state index contributed by atoms with van der Waals surface area (Å²) in [5.41, 5.74) is 4.98. The van der Waals surface area contributed by atoms with Crippen LogP contribution in [0.2, 0.25) is 0 Å². The van der Waals surface area contributed by atoms with Crippen molar-refractivity contribution < 1.29 is 23.6 Å². The average molecular weight is 859 g/mol. The van der Waals surface area contributed by atoms with E-state index in [0.717, 1.165) is 71.1 Å². The molecule has 3 N–H and O–H groups in total. The molecule has 62 heavy (non-hydrogen) atoms. The Morgan fingerprint density at radius 1 is 0.984 bits per heavy atom. The third-order valence-corrected chi connectivity index (χ3v) is 12.7. The summed E-state index contributed by atoms with van der Waals surface area (Å²) in [5, 5.41) is 11.3. The molecule has 3 aromatic rings. The highest BCUT2D eigenvalue weighted by atomic mass is 16.5. The number of piperazine rings is 1. The van der Waals surface area contributed by atoms with Crippen LogP contribution in [0.4, 0.5) is 4.79 Å². The van der Waals surface area contributed by atoms with Crippen molar-refractivity contribution in [3.63, 3.8) is 0 Å². The second-order valence-corrected chi connectivity index (χ2v) is 17.5. The van der Waals surface area contributed by atoms with E-state index in [1.165, 1.54) is 32.2 Å². The van der Waals surface area contributed by atoms with Crippen LogP contribution in [0.3, 0.4) is 0 Å². The molecule has 0 spiro atoms. The fourth-order valence-corrected chi connectivity index (χ4v) is 8.98. The second-order valence-electron chi connectivity index (χ2n) is 17.5. The molecule has 6 rings (SSSR count). The number of nitrogens with one attached hydrogen (secondary N) is 3. The van der Waals surface area contributed by atoms with Crippen molar-refractivity contribution in [2.45, 2.75) is 103 Å². The normalized spacial score (nSPS) is 20.0. The highest BCUT2D eigenvalue weighted by Crippen LogP contribution is 2.28. The van der Waals surface area contributed by atoms with E-state index in [2.05, 4.69) is 77.6 Å². The summed E-state index contributed by atoms with van der Waals surface area (Å²) in [6, 6.07) is 5.40. The van der Waals surface area contributed by atoms with Crippen LogP contribution in [0.1, 0.15) is 106 Å². The van der Waals surface area contributed by atoms with Crippen LogP contribution < -0.4 is 10.9 Å². The molecule has 3 fully saturated rings. The minimum atomic E-state index is -0.736. The van der Waals surface area contributed by atoms with Gasteiger partial charge in [-0.2, -0.15) is 5.10 Å². The molecule has 5 heterocycles. The summed E-state index contributed by atoms with van der Waals surface area (Å²) in [6.45, 7) is 23.7. The number of aromatic nitrogens is 3. The number of amides is 3. The molecule has 1 atom stereocenters. The molecular weight excluding hydrogens is 783 g/mol. The van der Waals surface area contributed by atoms with E-state index in [-0.39, 0.29) is 23.4 Å². The Morgan fingerprint density at radius 3 is 2.29 bits per heavy atom. The van der Waals surface area contributed by atoms with Crippen molar-refractivity contribution >= 4 is 41.5 Å². The number of hydrogen-bond acceptors (Lipinski definition) is 8. The molecule has 1 aromatic carbocycles. The van der Waals surface area contributed by atoms with Gasteiger partial charge in [0.2, 0.25) is 12.6 Å². The van der Waals surface area contributed by atoms with Crippen LogP contribution in [-0.4, -0.2) is 157 Å². The number of carbonyl (C=O) groups excluding carboxylic acids is 3. The first-order chi connectivity index (χ1) is 29.9. The number of aryl methyl sites for hydroxylation is 1. The molecule has 0 aliphatic carbocycles. The second kappa shape index (κ2) is 24.7. The number of quaternary nitrogens is 1. The molecule has 3 amide bonds. The van der Waals surface area contributed by atoms with Crippen LogP contribution in [0, 0.1) is 6.92 Å². The highest BCUT2D eigenvalue weighted by Gasteiger charge is 2.37. The van der Waals surface area contributed by atoms with E-state index in [1.807, 2.05) is 37.8 Å². The van der Waals surface area contributed by atoms with Crippen molar-refractivity contribution in [1.82, 2.24) is 40.1 Å². The van der Waals surface area contributed by atoms with E-state index in [1.54, 1.807) is 23.2 Å². The number of piperidine rings is 2. The van der Waals surface area contributed by atoms with Crippen molar-refractivity contribution in [2.24, 2.45) is 0 Å². The topological polar surface area (TPSA) is 147 Å². The number of nitrogens with zero attached hydrogens (tertiary/aromatic N) is 6. The molecule has 3 aliphatic rings. The Bertz CT molecular complexity index is 1950. The Kier molecular flexibility index (Phi) is 19.9. The zero-order chi connectivity index (χ0) is 45.2. The largest absolute Gasteiger partial charge is 0.417 e. The van der Waals surface area contributed by atoms with Gasteiger partial charge in [-0.3, -0.25) is 28.9 Å². The number of hydrogen-bond donors (Lipinski definition) is 3. The molecule has 3 aliphatic heterocycles. The first-order valence-corrected chi connectivity index (χ1v) is 22.9. The van der Waals surface area contributed by atoms with E-state index < -0.39 is 6.04 Å². The molecular formula is C48H76N9O5+. The summed E-state index contributed by atoms with van der Waals surface area (Å²) in [7, 11) is 6.39. The number of H-pyrrole nitrogens is 2. The number of unbranched alkanes of at least 4 members (excludes halogenated alkanes) is 3. The first kappa shape index (κ1) is 49.9. The fourth-order valence-electron chi connectivity index (χ4n) is 8.98. The van der Waals surface area contributed by atoms with Gasteiger partial charge in [-0.05, 0) is 87.6 Å². The Hall–Kier alpha value is -4.79. The van der Waals surface area contributed by atoms with Crippen molar-refractivity contribution in [1.29, 1.82) is 0 Å². The predicted molar refractivity (Wildman–Crippen MR) is 251 cm³/mol. The van der Waals surface area contributed by atoms with Gasteiger partial charge in [0.15, 0.2) is 0 Å². The number of pyridine rings is 1. The van der Waals surface area contributed by atoms with Gasteiger partial charge in [-0.25, -0.2) is 4.79 Å². The molecule has 0 saturated carbocycles. The summed E-state index contributed by atoms with van der Waals surface area (Å²) in [5.74, 6) is -0.0668. The van der Waals surface area contributed by atoms with Crippen molar-refractivity contribution in [3.8, 4) is 0 Å². The van der Waals surface area contributed by atoms with Gasteiger partial charge in [0.05, 0.1) is 31.9 Å². The number of likely N-dealkylation sites (tertiary alicyclic amines) is 2. The van der Waals surface area contributed by atoms with Crippen molar-refractivity contribution in [2.75, 3.05) is 86.8 Å². The number of aromatic amines is 2. The monoisotopic (exact) mass is 859 g/mol. The molecule has 342 valence electrons. The molecule has 14 heteroatoms. The lowest BCUT2D eigenvalue weighted by Crippen LogP contribution is -2.60. The van der Waals surface area contributed by atoms with E-state index >= 15 is 0 Å². The standard InChI is InChI=1S/C38H50N8O5.C8H19N.C2H6/c1-5-28-22-32(36(48)40-33(28)6-2)29-7-11-45(12-8-29)38(50)41-34(21-27-19-26(3)35-30(20-27)23-39-42-35)37(49)44-15-13-43(14-16-44)31-9-17-46(4,18-10-31)24-51-25-47;1-4-5-6-7-8-9(2)3;1-2/h5-6,19-20,22-23,25,29,31,34H,1-2,7-18,21,24H2,3-4H3,(H2-,39,40,41,42,48,50);4-8H2,1-3H3;1-2H3/p+1. The SMILES string of the molecule is C=Cc1cc(C2CCN(C(=O)NC(Cc3cc(C)c4[nH]ncc4c3)C(=O)N3CCN(C4CC[N+](C)(COC=O)CC4)CC3)CC2)c(=O)[nH]c1C=C.CC.CCCCCCN(C)C. The molecule has 1 unspecified atom stereocenters. The average Bonchev–Trinajstić information content (AvgIpc) is 3.77. The quantitative estimate of drug-likeness (QED) is 0.0855. The number of carbonyl (C=O) groups is 3. The third kappa shape index (κ3) is 13.9. The zero-order valence-electron chi connectivity index (χ0n) is 38.8. The van der Waals surface area contributed by atoms with Gasteiger partial charge in [0, 0.05) is 81.2 Å². The first-order valence-electron chi connectivity index (χ1n) is 22.9. The number of urea groups is 1. The number of ether oxygens (including phenoxy) is 1. The van der Waals surface area contributed by atoms with E-state index in [0.29, 0.717) is 75.9 Å². The minimum absolute atomic E-state index is 0.00952. The summed E-state index contributed by atoms with van der Waals surface area (Å²) in [6.07, 6.45) is 14.3. The number of rotatable bonds is 16. The van der Waals surface area contributed by atoms with Crippen LogP contribution in [0.5, 0.6) is 0 Å². The van der Waals surface area contributed by atoms with Gasteiger partial charge in [0.25, 0.3) is 12.0 Å². The molecule has 0 bridgehead atoms. The molecule has 0 radical (unpaired) electrons. The minimum Gasteiger partial charge on any atom is -0.417 e. The third-order valence-electron chi connectivity index (χ3n) is 12.7. The Labute approximate surface area is 370 Å². The number of benzene rings is 1. The van der Waals surface area contributed by atoms with Gasteiger partial charge in [-0.15, -0.1) is 0 Å². The van der Waals surface area contributed by atoms with Crippen LogP contribution in [0.15, 0.2) is 42.3 Å². The maximum Gasteiger partial charge on any atom is 0.318 e. The lowest BCUT2D eigenvalue weighted by Gasteiger charge is -2.45. The highest BCUT2D eigenvalue weighted by molar-refractivity contribution is 5.88. The lowest BCUT2D eigenvalue weighted by molar-refractivity contribution is -0.930. The van der Waals surface area contributed by atoms with Crippen molar-refractivity contribution in [3.05, 3.63) is 75.9 Å². The Balaban J connectivity index is 0.000000684. The molecule has 14 nitrogen and oxygen atoms in total. The maximum atomic E-state index is 14.2. The fraction of sp³-hybridized carbons (Fsp3) is 0.604. The van der Waals surface area contributed by atoms with Gasteiger partial charge < -0.3 is 29.7 Å². The van der Waals surface area contributed by atoms with E-state index in [9.17, 15) is 19.2 Å². The predicted octanol–water partition coefficient (Wildman–Crippen LogP) is 6.38. The van der Waals surface area contributed by atoms with E-state index in [4.69, 9.17) is 4.74 Å². The lowest BCUT2D eigenvalue weighted by atomic mass is 9.89. The molecule has 2 aromatic heterocycles. The van der Waals surface area contributed by atoms with Gasteiger partial charge in [0.1, 0.15) is 6.04 Å². The smallest absolute Gasteiger partial charge is 0.318 e. The van der Waals surface area contributed by atoms with Crippen LogP contribution in [-0.2, 0) is 20.7 Å². The summed E-state index contributed by atoms with van der Waals surface area (Å²) in [4.78, 5) is 62.9. The van der Waals surface area contributed by atoms with Gasteiger partial charge >= 0.3 is 6.03 Å². The number of fused-ring (bicyclic) bond motifs is 1. The Morgan fingerprint density at radius 2 is 1.68 bits per heavy atom. The van der Waals surface area contributed by atoms with Gasteiger partial charge in [-0.1, -0.05) is 65.3 Å². The summed E-state index contributed by atoms with van der Waals surface area (Å²) >= 11 is 0. The maximum absolute atomic E-state index is 14.2.